The van der Waals surface area contributed by atoms with E-state index in [9.17, 15) is 9.59 Å². The minimum absolute atomic E-state index is 0.202. The van der Waals surface area contributed by atoms with Crippen LogP contribution in [0, 0.1) is 6.92 Å². The number of ether oxygens (including phenoxy) is 2. The lowest BCUT2D eigenvalue weighted by molar-refractivity contribution is -0.118. The van der Waals surface area contributed by atoms with Crippen LogP contribution in [0.25, 0.3) is 6.08 Å². The van der Waals surface area contributed by atoms with Crippen molar-refractivity contribution in [1.29, 1.82) is 0 Å². The number of carbonyl (C=O) groups is 2. The van der Waals surface area contributed by atoms with Gasteiger partial charge in [-0.15, -0.1) is 0 Å². The highest BCUT2D eigenvalue weighted by Crippen LogP contribution is 2.40. The van der Waals surface area contributed by atoms with Gasteiger partial charge in [-0.05, 0) is 73.9 Å². The highest BCUT2D eigenvalue weighted by atomic mass is 35.5. The van der Waals surface area contributed by atoms with E-state index in [-0.39, 0.29) is 29.2 Å². The maximum Gasteiger partial charge on any atom is 0.270 e. The Kier molecular flexibility index (Phi) is 9.09. The number of amides is 2. The zero-order valence-corrected chi connectivity index (χ0v) is 23.6. The maximum atomic E-state index is 13.2. The van der Waals surface area contributed by atoms with Crippen LogP contribution in [0.3, 0.4) is 0 Å². The molecule has 4 rings (SSSR count). The summed E-state index contributed by atoms with van der Waals surface area (Å²) in [6, 6.07) is 18.6. The molecule has 3 aromatic carbocycles. The summed E-state index contributed by atoms with van der Waals surface area (Å²) in [5.74, 6) is 0.104. The van der Waals surface area contributed by atoms with Crippen molar-refractivity contribution in [3.8, 4) is 11.5 Å². The number of nitrogens with one attached hydrogen (secondary N) is 1. The number of thioether (sulfide) groups is 1. The quantitative estimate of drug-likeness (QED) is 0.221. The summed E-state index contributed by atoms with van der Waals surface area (Å²) in [6.45, 7) is 6.01. The lowest BCUT2D eigenvalue weighted by Gasteiger charge is -2.15. The third-order valence-electron chi connectivity index (χ3n) is 5.71. The lowest BCUT2D eigenvalue weighted by Crippen LogP contribution is -2.27. The Labute approximate surface area is 237 Å². The summed E-state index contributed by atoms with van der Waals surface area (Å²) in [6.07, 6.45) is 2.64. The normalized spacial score (nSPS) is 14.2. The van der Waals surface area contributed by atoms with Crippen LogP contribution in [-0.2, 0) is 16.0 Å². The molecule has 1 saturated heterocycles. The Hall–Kier alpha value is -3.33. The predicted molar refractivity (Wildman–Crippen MR) is 159 cm³/mol. The van der Waals surface area contributed by atoms with Gasteiger partial charge < -0.3 is 14.8 Å². The van der Waals surface area contributed by atoms with Gasteiger partial charge in [-0.3, -0.25) is 14.5 Å². The van der Waals surface area contributed by atoms with Crippen molar-refractivity contribution in [2.75, 3.05) is 23.4 Å². The smallest absolute Gasteiger partial charge is 0.270 e. The molecule has 38 heavy (non-hydrogen) atoms. The summed E-state index contributed by atoms with van der Waals surface area (Å²) < 4.78 is 12.0. The molecule has 1 aliphatic heterocycles. The summed E-state index contributed by atoms with van der Waals surface area (Å²) in [7, 11) is 0. The Balaban J connectivity index is 1.51. The van der Waals surface area contributed by atoms with Crippen LogP contribution < -0.4 is 19.7 Å². The van der Waals surface area contributed by atoms with Crippen molar-refractivity contribution in [2.24, 2.45) is 0 Å². The number of nitrogens with zero attached hydrogens (tertiary/aromatic N) is 1. The molecule has 0 atom stereocenters. The maximum absolute atomic E-state index is 13.2. The number of thiocarbonyl (C=S) groups is 1. The van der Waals surface area contributed by atoms with Gasteiger partial charge >= 0.3 is 0 Å². The number of benzene rings is 3. The van der Waals surface area contributed by atoms with Gasteiger partial charge in [0, 0.05) is 5.69 Å². The fourth-order valence-electron chi connectivity index (χ4n) is 3.77. The van der Waals surface area contributed by atoms with E-state index in [1.54, 1.807) is 18.2 Å². The summed E-state index contributed by atoms with van der Waals surface area (Å²) in [5, 5.41) is 3.05. The van der Waals surface area contributed by atoms with E-state index in [0.717, 1.165) is 17.7 Å². The number of aryl methyl sites for hydroxylation is 2. The van der Waals surface area contributed by atoms with Crippen LogP contribution in [0.4, 0.5) is 11.4 Å². The van der Waals surface area contributed by atoms with Crippen LogP contribution in [-0.4, -0.2) is 29.3 Å². The number of halogens is 1. The molecule has 6 nitrogen and oxygen atoms in total. The van der Waals surface area contributed by atoms with Gasteiger partial charge in [0.2, 0.25) is 0 Å². The molecule has 3 aromatic rings. The third kappa shape index (κ3) is 6.56. The molecule has 0 aromatic heterocycles. The first kappa shape index (κ1) is 27.7. The van der Waals surface area contributed by atoms with Crippen LogP contribution in [0.5, 0.6) is 11.5 Å². The largest absolute Gasteiger partial charge is 0.490 e. The van der Waals surface area contributed by atoms with Gasteiger partial charge in [0.15, 0.2) is 22.4 Å². The summed E-state index contributed by atoms with van der Waals surface area (Å²) in [5.41, 5.74) is 4.34. The molecule has 196 valence electrons. The second-order valence-corrected chi connectivity index (χ2v) is 10.6. The van der Waals surface area contributed by atoms with Gasteiger partial charge in [-0.1, -0.05) is 72.3 Å². The number of anilines is 2. The second kappa shape index (κ2) is 12.5. The highest BCUT2D eigenvalue weighted by molar-refractivity contribution is 8.27. The molecule has 0 radical (unpaired) electrons. The first-order valence-corrected chi connectivity index (χ1v) is 13.7. The molecule has 1 N–H and O–H groups in total. The van der Waals surface area contributed by atoms with Gasteiger partial charge in [0.1, 0.15) is 0 Å². The fourth-order valence-corrected chi connectivity index (χ4v) is 5.34. The summed E-state index contributed by atoms with van der Waals surface area (Å²) >= 11 is 13.3. The molecule has 2 amide bonds. The molecule has 0 unspecified atom stereocenters. The van der Waals surface area contributed by atoms with Crippen LogP contribution in [0.2, 0.25) is 5.02 Å². The first-order valence-electron chi connectivity index (χ1n) is 12.1. The van der Waals surface area contributed by atoms with E-state index < -0.39 is 0 Å². The zero-order chi connectivity index (χ0) is 27.2. The van der Waals surface area contributed by atoms with E-state index >= 15 is 0 Å². The Morgan fingerprint density at radius 2 is 1.79 bits per heavy atom. The average molecular weight is 567 g/mol. The summed E-state index contributed by atoms with van der Waals surface area (Å²) in [4.78, 5) is 27.6. The first-order chi connectivity index (χ1) is 18.3. The predicted octanol–water partition coefficient (Wildman–Crippen LogP) is 7.03. The number of hydrogen-bond donors (Lipinski definition) is 1. The number of carbonyl (C=O) groups excluding carboxylic acids is 2. The van der Waals surface area contributed by atoms with Crippen molar-refractivity contribution in [3.05, 3.63) is 87.3 Å². The SMILES string of the molecule is CCOc1cc(/C=C2\SC(=S)N(c3ccc(CC)cc3)C2=O)cc(Cl)c1OCC(=O)Nc1ccc(C)cc1. The molecule has 1 heterocycles. The molecular weight excluding hydrogens is 540 g/mol. The van der Waals surface area contributed by atoms with Crippen LogP contribution in [0.1, 0.15) is 30.5 Å². The average Bonchev–Trinajstić information content (AvgIpc) is 3.17. The van der Waals surface area contributed by atoms with Crippen molar-refractivity contribution < 1.29 is 19.1 Å². The molecular formula is C29H27ClN2O4S2. The standard InChI is InChI=1S/C29H27ClN2O4S2/c1-4-19-8-12-22(13-9-19)32-28(34)25(38-29(32)37)16-20-14-23(30)27(24(15-20)35-5-2)36-17-26(33)31-21-10-6-18(3)7-11-21/h6-16H,4-5,17H2,1-3H3,(H,31,33)/b25-16-. The lowest BCUT2D eigenvalue weighted by atomic mass is 10.1. The molecule has 0 saturated carbocycles. The van der Waals surface area contributed by atoms with E-state index in [2.05, 4.69) is 12.2 Å². The van der Waals surface area contributed by atoms with Crippen LogP contribution >= 0.6 is 35.6 Å². The van der Waals surface area contributed by atoms with Crippen molar-refractivity contribution in [1.82, 2.24) is 0 Å². The van der Waals surface area contributed by atoms with Gasteiger partial charge in [0.05, 0.1) is 22.2 Å². The third-order valence-corrected chi connectivity index (χ3v) is 7.29. The van der Waals surface area contributed by atoms with Crippen molar-refractivity contribution >= 4 is 69.2 Å². The van der Waals surface area contributed by atoms with E-state index in [1.807, 2.05) is 62.4 Å². The molecule has 0 spiro atoms. The molecule has 9 heteroatoms. The second-order valence-electron chi connectivity index (χ2n) is 8.50. The monoisotopic (exact) mass is 566 g/mol. The number of rotatable bonds is 9. The molecule has 1 fully saturated rings. The van der Waals surface area contributed by atoms with E-state index in [1.165, 1.54) is 22.2 Å². The minimum atomic E-state index is -0.327. The van der Waals surface area contributed by atoms with Gasteiger partial charge in [-0.2, -0.15) is 0 Å². The number of hydrogen-bond acceptors (Lipinski definition) is 6. The van der Waals surface area contributed by atoms with E-state index in [0.29, 0.717) is 32.8 Å². The fraction of sp³-hybridized carbons (Fsp3) is 0.207. The minimum Gasteiger partial charge on any atom is -0.490 e. The van der Waals surface area contributed by atoms with Gasteiger partial charge in [0.25, 0.3) is 11.8 Å². The highest BCUT2D eigenvalue weighted by Gasteiger charge is 2.33. The molecule has 0 bridgehead atoms. The van der Waals surface area contributed by atoms with Crippen molar-refractivity contribution in [3.63, 3.8) is 0 Å². The molecule has 0 aliphatic carbocycles. The Morgan fingerprint density at radius 3 is 2.45 bits per heavy atom. The topological polar surface area (TPSA) is 67.9 Å². The van der Waals surface area contributed by atoms with E-state index in [4.69, 9.17) is 33.3 Å². The van der Waals surface area contributed by atoms with Crippen LogP contribution in [0.15, 0.2) is 65.6 Å². The van der Waals surface area contributed by atoms with Gasteiger partial charge in [-0.25, -0.2) is 0 Å². The van der Waals surface area contributed by atoms with Crippen molar-refractivity contribution in [2.45, 2.75) is 27.2 Å². The molecule has 1 aliphatic rings. The zero-order valence-electron chi connectivity index (χ0n) is 21.2. The Bertz CT molecular complexity index is 1390. The Morgan fingerprint density at radius 1 is 1.08 bits per heavy atom.